The van der Waals surface area contributed by atoms with Gasteiger partial charge in [0.05, 0.1) is 7.11 Å². The van der Waals surface area contributed by atoms with Gasteiger partial charge in [0.1, 0.15) is 6.54 Å². The van der Waals surface area contributed by atoms with E-state index in [1.165, 1.54) is 12.0 Å². The molecule has 6 nitrogen and oxygen atoms in total. The smallest absolute Gasteiger partial charge is 0.323 e. The second-order valence-electron chi connectivity index (χ2n) is 4.15. The lowest BCUT2D eigenvalue weighted by Gasteiger charge is -2.20. The van der Waals surface area contributed by atoms with Gasteiger partial charge < -0.3 is 19.5 Å². The van der Waals surface area contributed by atoms with Gasteiger partial charge in [0.25, 0.3) is 5.91 Å². The van der Waals surface area contributed by atoms with E-state index in [-0.39, 0.29) is 19.1 Å². The van der Waals surface area contributed by atoms with Crippen LogP contribution in [-0.2, 0) is 9.59 Å². The number of nitrogens with zero attached hydrogens (tertiary/aromatic N) is 1. The molecule has 0 unspecified atom stereocenters. The largest absolute Gasteiger partial charge is 0.493 e. The molecule has 1 rings (SSSR count). The van der Waals surface area contributed by atoms with E-state index in [4.69, 9.17) is 14.6 Å². The first-order valence-electron chi connectivity index (χ1n) is 6.33. The molecule has 0 aromatic heterocycles. The zero-order valence-electron chi connectivity index (χ0n) is 11.7. The zero-order valence-corrected chi connectivity index (χ0v) is 11.7. The fourth-order valence-corrected chi connectivity index (χ4v) is 1.69. The number of hydrogen-bond acceptors (Lipinski definition) is 4. The van der Waals surface area contributed by atoms with E-state index in [2.05, 4.69) is 0 Å². The Morgan fingerprint density at radius 2 is 1.90 bits per heavy atom. The third-order valence-corrected chi connectivity index (χ3v) is 2.59. The number of carboxylic acids is 1. The second kappa shape index (κ2) is 8.04. The Morgan fingerprint density at radius 1 is 1.25 bits per heavy atom. The van der Waals surface area contributed by atoms with Crippen molar-refractivity contribution in [3.05, 3.63) is 24.3 Å². The van der Waals surface area contributed by atoms with Gasteiger partial charge in [-0.1, -0.05) is 19.1 Å². The molecule has 1 aromatic carbocycles. The maximum Gasteiger partial charge on any atom is 0.323 e. The zero-order chi connectivity index (χ0) is 15.0. The van der Waals surface area contributed by atoms with Crippen LogP contribution in [0.5, 0.6) is 11.5 Å². The molecular formula is C14H19NO5. The predicted octanol–water partition coefficient (Wildman–Crippen LogP) is 1.40. The van der Waals surface area contributed by atoms with Gasteiger partial charge in [0, 0.05) is 6.54 Å². The quantitative estimate of drug-likeness (QED) is 0.779. The van der Waals surface area contributed by atoms with Crippen LogP contribution in [0.4, 0.5) is 0 Å². The minimum absolute atomic E-state index is 0.215. The van der Waals surface area contributed by atoms with Crippen LogP contribution in [0.2, 0.25) is 0 Å². The summed E-state index contributed by atoms with van der Waals surface area (Å²) in [6.07, 6.45) is 0.688. The van der Waals surface area contributed by atoms with E-state index in [9.17, 15) is 9.59 Å². The number of aliphatic carboxylic acids is 1. The lowest BCUT2D eigenvalue weighted by Crippen LogP contribution is -2.39. The molecular weight excluding hydrogens is 262 g/mol. The molecule has 0 spiro atoms. The van der Waals surface area contributed by atoms with E-state index >= 15 is 0 Å². The topological polar surface area (TPSA) is 76.1 Å². The van der Waals surface area contributed by atoms with Crippen LogP contribution in [0.25, 0.3) is 0 Å². The van der Waals surface area contributed by atoms with Crippen molar-refractivity contribution in [2.75, 3.05) is 26.8 Å². The summed E-state index contributed by atoms with van der Waals surface area (Å²) in [7, 11) is 1.51. The van der Waals surface area contributed by atoms with Crippen molar-refractivity contribution in [1.29, 1.82) is 0 Å². The molecule has 0 bridgehead atoms. The number of methoxy groups -OCH3 is 1. The Bertz CT molecular complexity index is 461. The van der Waals surface area contributed by atoms with Gasteiger partial charge in [-0.3, -0.25) is 9.59 Å². The molecule has 0 heterocycles. The number of carbonyl (C=O) groups is 2. The predicted molar refractivity (Wildman–Crippen MR) is 73.0 cm³/mol. The second-order valence-corrected chi connectivity index (χ2v) is 4.15. The van der Waals surface area contributed by atoms with Crippen LogP contribution in [-0.4, -0.2) is 48.7 Å². The van der Waals surface area contributed by atoms with E-state index in [0.29, 0.717) is 24.5 Å². The molecule has 0 fully saturated rings. The number of para-hydroxylation sites is 2. The van der Waals surface area contributed by atoms with Gasteiger partial charge in [-0.2, -0.15) is 0 Å². The molecule has 0 atom stereocenters. The van der Waals surface area contributed by atoms with Crippen LogP contribution < -0.4 is 9.47 Å². The number of carboxylic acid groups (broad SMARTS) is 1. The molecule has 1 aromatic rings. The highest BCUT2D eigenvalue weighted by Crippen LogP contribution is 2.25. The Hall–Kier alpha value is -2.24. The summed E-state index contributed by atoms with van der Waals surface area (Å²) in [6, 6.07) is 6.97. The van der Waals surface area contributed by atoms with Crippen molar-refractivity contribution in [1.82, 2.24) is 4.90 Å². The van der Waals surface area contributed by atoms with Crippen molar-refractivity contribution < 1.29 is 24.2 Å². The summed E-state index contributed by atoms with van der Waals surface area (Å²) in [5.74, 6) is -0.417. The highest BCUT2D eigenvalue weighted by atomic mass is 16.5. The van der Waals surface area contributed by atoms with Gasteiger partial charge in [0.15, 0.2) is 18.1 Å². The van der Waals surface area contributed by atoms with Crippen molar-refractivity contribution in [2.45, 2.75) is 13.3 Å². The monoisotopic (exact) mass is 281 g/mol. The number of benzene rings is 1. The first kappa shape index (κ1) is 15.8. The van der Waals surface area contributed by atoms with E-state index in [0.717, 1.165) is 0 Å². The molecule has 0 saturated heterocycles. The highest BCUT2D eigenvalue weighted by molar-refractivity contribution is 5.82. The average Bonchev–Trinajstić information content (AvgIpc) is 2.44. The Balaban J connectivity index is 2.62. The average molecular weight is 281 g/mol. The summed E-state index contributed by atoms with van der Waals surface area (Å²) in [5, 5.41) is 8.77. The minimum Gasteiger partial charge on any atom is -0.493 e. The SMILES string of the molecule is CCCN(CC(=O)O)C(=O)COc1ccccc1OC. The van der Waals surface area contributed by atoms with Crippen LogP contribution in [0.1, 0.15) is 13.3 Å². The molecule has 20 heavy (non-hydrogen) atoms. The number of amides is 1. The number of ether oxygens (including phenoxy) is 2. The maximum absolute atomic E-state index is 11.9. The fraction of sp³-hybridized carbons (Fsp3) is 0.429. The summed E-state index contributed by atoms with van der Waals surface area (Å²) in [6.45, 7) is 1.74. The molecule has 0 saturated carbocycles. The Kier molecular flexibility index (Phi) is 6.36. The number of rotatable bonds is 8. The minimum atomic E-state index is -1.04. The standard InChI is InChI=1S/C14H19NO5/c1-3-8-15(9-14(17)18)13(16)10-20-12-7-5-4-6-11(12)19-2/h4-7H,3,8-10H2,1-2H3,(H,17,18). The van der Waals surface area contributed by atoms with E-state index in [1.807, 2.05) is 6.92 Å². The molecule has 1 N–H and O–H groups in total. The van der Waals surface area contributed by atoms with Crippen molar-refractivity contribution in [3.63, 3.8) is 0 Å². The molecule has 110 valence electrons. The van der Waals surface area contributed by atoms with Gasteiger partial charge in [-0.25, -0.2) is 0 Å². The number of carbonyl (C=O) groups excluding carboxylic acids is 1. The van der Waals surface area contributed by atoms with E-state index < -0.39 is 5.97 Å². The normalized spacial score (nSPS) is 9.90. The van der Waals surface area contributed by atoms with Gasteiger partial charge >= 0.3 is 5.97 Å². The lowest BCUT2D eigenvalue weighted by molar-refractivity contribution is -0.145. The maximum atomic E-state index is 11.9. The van der Waals surface area contributed by atoms with Crippen LogP contribution >= 0.6 is 0 Å². The fourth-order valence-electron chi connectivity index (χ4n) is 1.69. The van der Waals surface area contributed by atoms with Crippen LogP contribution in [0.3, 0.4) is 0 Å². The highest BCUT2D eigenvalue weighted by Gasteiger charge is 2.17. The summed E-state index contributed by atoms with van der Waals surface area (Å²) < 4.78 is 10.5. The molecule has 1 amide bonds. The van der Waals surface area contributed by atoms with Crippen molar-refractivity contribution in [3.8, 4) is 11.5 Å². The summed E-state index contributed by atoms with van der Waals surface area (Å²) in [5.41, 5.74) is 0. The van der Waals surface area contributed by atoms with Crippen molar-refractivity contribution >= 4 is 11.9 Å². The third kappa shape index (κ3) is 4.79. The number of hydrogen-bond donors (Lipinski definition) is 1. The third-order valence-electron chi connectivity index (χ3n) is 2.59. The van der Waals surface area contributed by atoms with Crippen LogP contribution in [0, 0.1) is 0 Å². The van der Waals surface area contributed by atoms with Gasteiger partial charge in [-0.05, 0) is 18.6 Å². The molecule has 0 aliphatic heterocycles. The van der Waals surface area contributed by atoms with Crippen LogP contribution in [0.15, 0.2) is 24.3 Å². The first-order chi connectivity index (χ1) is 9.58. The van der Waals surface area contributed by atoms with Crippen molar-refractivity contribution in [2.24, 2.45) is 0 Å². The molecule has 0 aliphatic rings. The van der Waals surface area contributed by atoms with Gasteiger partial charge in [0.2, 0.25) is 0 Å². The van der Waals surface area contributed by atoms with E-state index in [1.54, 1.807) is 24.3 Å². The Labute approximate surface area is 117 Å². The molecule has 6 heteroatoms. The van der Waals surface area contributed by atoms with Gasteiger partial charge in [-0.15, -0.1) is 0 Å². The molecule has 0 radical (unpaired) electrons. The summed E-state index contributed by atoms with van der Waals surface area (Å²) in [4.78, 5) is 23.9. The first-order valence-corrected chi connectivity index (χ1v) is 6.33. The molecule has 0 aliphatic carbocycles. The summed E-state index contributed by atoms with van der Waals surface area (Å²) >= 11 is 0. The Morgan fingerprint density at radius 3 is 2.45 bits per heavy atom. The lowest BCUT2D eigenvalue weighted by atomic mass is 10.3.